The van der Waals surface area contributed by atoms with Crippen LogP contribution in [-0.4, -0.2) is 26.8 Å². The molecule has 2 aromatic rings. The lowest BCUT2D eigenvalue weighted by Gasteiger charge is -2.10. The van der Waals surface area contributed by atoms with Crippen LogP contribution < -0.4 is 5.32 Å². The number of nitrogens with zero attached hydrogens (tertiary/aromatic N) is 4. The molecule has 0 aliphatic heterocycles. The molecular formula is C11H14ClN5. The SMILES string of the molecule is CCc1c(NC)ncnc1-n1cc(Cl)c(C)n1. The predicted molar refractivity (Wildman–Crippen MR) is 67.8 cm³/mol. The maximum atomic E-state index is 6.01. The van der Waals surface area contributed by atoms with Crippen LogP contribution in [0.5, 0.6) is 0 Å². The molecule has 0 fully saturated rings. The summed E-state index contributed by atoms with van der Waals surface area (Å²) in [5, 5.41) is 8.02. The van der Waals surface area contributed by atoms with E-state index >= 15 is 0 Å². The van der Waals surface area contributed by atoms with E-state index in [-0.39, 0.29) is 0 Å². The molecule has 0 spiro atoms. The summed E-state index contributed by atoms with van der Waals surface area (Å²) in [5.74, 6) is 1.59. The summed E-state index contributed by atoms with van der Waals surface area (Å²) in [7, 11) is 1.84. The van der Waals surface area contributed by atoms with Crippen molar-refractivity contribution in [3.05, 3.63) is 28.8 Å². The van der Waals surface area contributed by atoms with Gasteiger partial charge in [0.05, 0.1) is 16.9 Å². The van der Waals surface area contributed by atoms with Gasteiger partial charge in [-0.3, -0.25) is 0 Å². The summed E-state index contributed by atoms with van der Waals surface area (Å²) in [6.45, 7) is 3.92. The molecule has 0 aliphatic rings. The molecule has 2 heterocycles. The van der Waals surface area contributed by atoms with Gasteiger partial charge in [-0.15, -0.1) is 0 Å². The van der Waals surface area contributed by atoms with E-state index in [0.717, 1.165) is 29.3 Å². The van der Waals surface area contributed by atoms with E-state index in [4.69, 9.17) is 11.6 Å². The number of anilines is 1. The minimum atomic E-state index is 0.636. The van der Waals surface area contributed by atoms with Gasteiger partial charge >= 0.3 is 0 Å². The Balaban J connectivity index is 2.58. The maximum absolute atomic E-state index is 6.01. The highest BCUT2D eigenvalue weighted by atomic mass is 35.5. The Bertz CT molecular complexity index is 515. The molecule has 1 N–H and O–H groups in total. The summed E-state index contributed by atoms with van der Waals surface area (Å²) >= 11 is 6.01. The van der Waals surface area contributed by atoms with E-state index in [0.29, 0.717) is 5.02 Å². The van der Waals surface area contributed by atoms with Crippen LogP contribution in [0.15, 0.2) is 12.5 Å². The molecule has 17 heavy (non-hydrogen) atoms. The lowest BCUT2D eigenvalue weighted by atomic mass is 10.2. The number of aromatic nitrogens is 4. The molecule has 90 valence electrons. The fourth-order valence-electron chi connectivity index (χ4n) is 1.69. The van der Waals surface area contributed by atoms with Crippen LogP contribution in [0.3, 0.4) is 0 Å². The first-order chi connectivity index (χ1) is 8.17. The van der Waals surface area contributed by atoms with Crippen LogP contribution in [0.4, 0.5) is 5.82 Å². The first kappa shape index (κ1) is 11.9. The van der Waals surface area contributed by atoms with Crippen molar-refractivity contribution in [2.24, 2.45) is 0 Å². The van der Waals surface area contributed by atoms with E-state index in [2.05, 4.69) is 27.3 Å². The van der Waals surface area contributed by atoms with Crippen LogP contribution in [0.2, 0.25) is 5.02 Å². The Morgan fingerprint density at radius 3 is 2.71 bits per heavy atom. The molecule has 0 atom stereocenters. The van der Waals surface area contributed by atoms with Gasteiger partial charge in [0.25, 0.3) is 0 Å². The minimum absolute atomic E-state index is 0.636. The first-order valence-corrected chi connectivity index (χ1v) is 5.79. The molecule has 0 aliphatic carbocycles. The van der Waals surface area contributed by atoms with Gasteiger partial charge in [-0.2, -0.15) is 5.10 Å². The average molecular weight is 252 g/mol. The van der Waals surface area contributed by atoms with Crippen molar-refractivity contribution in [3.8, 4) is 5.82 Å². The highest BCUT2D eigenvalue weighted by Gasteiger charge is 2.12. The minimum Gasteiger partial charge on any atom is -0.373 e. The highest BCUT2D eigenvalue weighted by Crippen LogP contribution is 2.21. The first-order valence-electron chi connectivity index (χ1n) is 5.41. The molecule has 0 bridgehead atoms. The van der Waals surface area contributed by atoms with Crippen molar-refractivity contribution in [1.82, 2.24) is 19.7 Å². The molecule has 0 saturated heterocycles. The smallest absolute Gasteiger partial charge is 0.162 e. The highest BCUT2D eigenvalue weighted by molar-refractivity contribution is 6.31. The van der Waals surface area contributed by atoms with E-state index in [1.807, 2.05) is 14.0 Å². The Kier molecular flexibility index (Phi) is 3.28. The van der Waals surface area contributed by atoms with Crippen LogP contribution in [0, 0.1) is 6.92 Å². The maximum Gasteiger partial charge on any atom is 0.162 e. The summed E-state index contributed by atoms with van der Waals surface area (Å²) in [5.41, 5.74) is 1.81. The van der Waals surface area contributed by atoms with Gasteiger partial charge in [0.2, 0.25) is 0 Å². The third kappa shape index (κ3) is 2.10. The monoisotopic (exact) mass is 251 g/mol. The molecule has 5 nitrogen and oxygen atoms in total. The summed E-state index contributed by atoms with van der Waals surface area (Å²) in [4.78, 5) is 8.46. The van der Waals surface area contributed by atoms with E-state index in [1.165, 1.54) is 6.33 Å². The second kappa shape index (κ2) is 4.71. The van der Waals surface area contributed by atoms with E-state index in [1.54, 1.807) is 10.9 Å². The number of rotatable bonds is 3. The summed E-state index contributed by atoms with van der Waals surface area (Å²) < 4.78 is 1.69. The molecule has 2 rings (SSSR count). The van der Waals surface area contributed by atoms with Gasteiger partial charge in [-0.1, -0.05) is 18.5 Å². The molecular weight excluding hydrogens is 238 g/mol. The topological polar surface area (TPSA) is 55.6 Å². The number of nitrogens with one attached hydrogen (secondary N) is 1. The Morgan fingerprint density at radius 1 is 1.41 bits per heavy atom. The molecule has 2 aromatic heterocycles. The molecule has 0 saturated carbocycles. The summed E-state index contributed by atoms with van der Waals surface area (Å²) in [6, 6.07) is 0. The normalized spacial score (nSPS) is 10.6. The Labute approximate surface area is 105 Å². The summed E-state index contributed by atoms with van der Waals surface area (Å²) in [6.07, 6.45) is 4.10. The van der Waals surface area contributed by atoms with Crippen LogP contribution in [0.1, 0.15) is 18.2 Å². The zero-order chi connectivity index (χ0) is 12.4. The van der Waals surface area contributed by atoms with Gasteiger partial charge in [-0.25, -0.2) is 14.6 Å². The third-order valence-corrected chi connectivity index (χ3v) is 2.94. The fraction of sp³-hybridized carbons (Fsp3) is 0.364. The number of hydrogen-bond acceptors (Lipinski definition) is 4. The second-order valence-electron chi connectivity index (χ2n) is 3.64. The molecule has 0 unspecified atom stereocenters. The van der Waals surface area contributed by atoms with Crippen molar-refractivity contribution in [3.63, 3.8) is 0 Å². The largest absolute Gasteiger partial charge is 0.373 e. The molecule has 0 radical (unpaired) electrons. The van der Waals surface area contributed by atoms with Gasteiger partial charge in [-0.05, 0) is 13.3 Å². The predicted octanol–water partition coefficient (Wildman–Crippen LogP) is 2.23. The zero-order valence-electron chi connectivity index (χ0n) is 10.0. The zero-order valence-corrected chi connectivity index (χ0v) is 10.8. The van der Waals surface area contributed by atoms with Crippen LogP contribution >= 0.6 is 11.6 Å². The lowest BCUT2D eigenvalue weighted by Crippen LogP contribution is -2.08. The number of hydrogen-bond donors (Lipinski definition) is 1. The van der Waals surface area contributed by atoms with Crippen molar-refractivity contribution < 1.29 is 0 Å². The number of halogens is 1. The van der Waals surface area contributed by atoms with Gasteiger partial charge < -0.3 is 5.32 Å². The Morgan fingerprint density at radius 2 is 2.18 bits per heavy atom. The van der Waals surface area contributed by atoms with Crippen molar-refractivity contribution >= 4 is 17.4 Å². The molecule has 0 aromatic carbocycles. The second-order valence-corrected chi connectivity index (χ2v) is 4.04. The van der Waals surface area contributed by atoms with Crippen LogP contribution in [-0.2, 0) is 6.42 Å². The van der Waals surface area contributed by atoms with Crippen molar-refractivity contribution in [1.29, 1.82) is 0 Å². The fourth-order valence-corrected chi connectivity index (χ4v) is 1.82. The number of aryl methyl sites for hydroxylation is 1. The van der Waals surface area contributed by atoms with Crippen LogP contribution in [0.25, 0.3) is 5.82 Å². The average Bonchev–Trinajstić information content (AvgIpc) is 2.68. The Hall–Kier alpha value is -1.62. The van der Waals surface area contributed by atoms with Crippen molar-refractivity contribution in [2.45, 2.75) is 20.3 Å². The van der Waals surface area contributed by atoms with Gasteiger partial charge in [0.15, 0.2) is 5.82 Å². The van der Waals surface area contributed by atoms with Gasteiger partial charge in [0.1, 0.15) is 12.1 Å². The van der Waals surface area contributed by atoms with E-state index < -0.39 is 0 Å². The molecule has 0 amide bonds. The van der Waals surface area contributed by atoms with Crippen molar-refractivity contribution in [2.75, 3.05) is 12.4 Å². The van der Waals surface area contributed by atoms with Gasteiger partial charge in [0, 0.05) is 12.6 Å². The standard InChI is InChI=1S/C11H14ClN5/c1-4-8-10(13-3)14-6-15-11(8)17-5-9(12)7(2)16-17/h5-6H,4H2,1-3H3,(H,13,14,15). The quantitative estimate of drug-likeness (QED) is 0.909. The molecule has 6 heteroatoms. The third-order valence-electron chi connectivity index (χ3n) is 2.57. The van der Waals surface area contributed by atoms with E-state index in [9.17, 15) is 0 Å². The lowest BCUT2D eigenvalue weighted by molar-refractivity contribution is 0.808.